The number of thioether (sulfide) groups is 1. The quantitative estimate of drug-likeness (QED) is 0.785. The maximum atomic E-state index is 10.5. The van der Waals surface area contributed by atoms with E-state index in [1.807, 2.05) is 10.8 Å². The molecule has 0 spiro atoms. The Labute approximate surface area is 93.7 Å². The van der Waals surface area contributed by atoms with Crippen molar-refractivity contribution in [3.63, 3.8) is 0 Å². The number of rotatable bonds is 5. The molecule has 0 radical (unpaired) electrons. The van der Waals surface area contributed by atoms with Crippen molar-refractivity contribution in [1.82, 2.24) is 9.55 Å². The van der Waals surface area contributed by atoms with Crippen molar-refractivity contribution in [2.24, 2.45) is 5.92 Å². The Hall–Kier alpha value is -0.970. The number of imidazole rings is 1. The van der Waals surface area contributed by atoms with E-state index < -0.39 is 5.97 Å². The van der Waals surface area contributed by atoms with Gasteiger partial charge in [-0.05, 0) is 12.8 Å². The zero-order valence-corrected chi connectivity index (χ0v) is 9.99. The third kappa shape index (κ3) is 3.27. The molecule has 15 heavy (non-hydrogen) atoms. The van der Waals surface area contributed by atoms with Gasteiger partial charge in [0.05, 0.1) is 5.75 Å². The molecule has 4 nitrogen and oxygen atoms in total. The molecule has 84 valence electrons. The molecule has 1 N–H and O–H groups in total. The molecule has 0 aliphatic carbocycles. The molecular weight excluding hydrogens is 212 g/mol. The highest BCUT2D eigenvalue weighted by molar-refractivity contribution is 7.99. The molecule has 0 bridgehead atoms. The first-order chi connectivity index (χ1) is 7.02. The summed E-state index contributed by atoms with van der Waals surface area (Å²) in [4.78, 5) is 14.6. The standard InChI is InChI=1S/C10H16N2O2S/c1-7(2)8(3)12-5-4-11-10(12)15-6-9(13)14/h4-5,7-8H,6H2,1-3H3,(H,13,14). The fraction of sp³-hybridized carbons (Fsp3) is 0.600. The molecule has 0 saturated carbocycles. The lowest BCUT2D eigenvalue weighted by molar-refractivity contribution is -0.133. The predicted molar refractivity (Wildman–Crippen MR) is 60.1 cm³/mol. The second-order valence-corrected chi connectivity index (χ2v) is 4.73. The van der Waals surface area contributed by atoms with Gasteiger partial charge in [0.25, 0.3) is 0 Å². The van der Waals surface area contributed by atoms with Crippen LogP contribution in [0.4, 0.5) is 0 Å². The lowest BCUT2D eigenvalue weighted by atomic mass is 10.1. The SMILES string of the molecule is CC(C)C(C)n1ccnc1SCC(=O)O. The van der Waals surface area contributed by atoms with Gasteiger partial charge in [0, 0.05) is 18.4 Å². The summed E-state index contributed by atoms with van der Waals surface area (Å²) in [6.07, 6.45) is 3.61. The highest BCUT2D eigenvalue weighted by atomic mass is 32.2. The highest BCUT2D eigenvalue weighted by Gasteiger charge is 2.14. The maximum Gasteiger partial charge on any atom is 0.313 e. The van der Waals surface area contributed by atoms with Gasteiger partial charge in [-0.15, -0.1) is 0 Å². The van der Waals surface area contributed by atoms with Crippen LogP contribution < -0.4 is 0 Å². The summed E-state index contributed by atoms with van der Waals surface area (Å²) >= 11 is 1.26. The molecule has 1 unspecified atom stereocenters. The topological polar surface area (TPSA) is 55.1 Å². The third-order valence-electron chi connectivity index (χ3n) is 2.36. The van der Waals surface area contributed by atoms with Crippen LogP contribution in [0.2, 0.25) is 0 Å². The molecular formula is C10H16N2O2S. The van der Waals surface area contributed by atoms with E-state index in [9.17, 15) is 4.79 Å². The summed E-state index contributed by atoms with van der Waals surface area (Å²) < 4.78 is 2.03. The summed E-state index contributed by atoms with van der Waals surface area (Å²) in [5.74, 6) is -0.253. The van der Waals surface area contributed by atoms with Crippen LogP contribution in [0.5, 0.6) is 0 Å². The van der Waals surface area contributed by atoms with Gasteiger partial charge in [-0.2, -0.15) is 0 Å². The van der Waals surface area contributed by atoms with Crippen molar-refractivity contribution in [2.75, 3.05) is 5.75 Å². The van der Waals surface area contributed by atoms with Gasteiger partial charge < -0.3 is 9.67 Å². The predicted octanol–water partition coefficient (Wildman–Crippen LogP) is 2.28. The molecule has 0 aliphatic heterocycles. The van der Waals surface area contributed by atoms with Crippen LogP contribution in [-0.2, 0) is 4.79 Å². The van der Waals surface area contributed by atoms with Gasteiger partial charge >= 0.3 is 5.97 Å². The molecule has 1 atom stereocenters. The summed E-state index contributed by atoms with van der Waals surface area (Å²) in [6, 6.07) is 0.337. The number of hydrogen-bond donors (Lipinski definition) is 1. The van der Waals surface area contributed by atoms with Crippen LogP contribution in [-0.4, -0.2) is 26.4 Å². The first-order valence-electron chi connectivity index (χ1n) is 4.89. The van der Waals surface area contributed by atoms with Gasteiger partial charge in [-0.1, -0.05) is 25.6 Å². The van der Waals surface area contributed by atoms with Gasteiger partial charge in [0.1, 0.15) is 0 Å². The van der Waals surface area contributed by atoms with Crippen molar-refractivity contribution in [2.45, 2.75) is 32.0 Å². The van der Waals surface area contributed by atoms with Gasteiger partial charge in [-0.25, -0.2) is 4.98 Å². The van der Waals surface area contributed by atoms with Crippen LogP contribution in [0, 0.1) is 5.92 Å². The molecule has 0 amide bonds. The Bertz CT molecular complexity index is 336. The summed E-state index contributed by atoms with van der Waals surface area (Å²) in [5, 5.41) is 9.37. The van der Waals surface area contributed by atoms with Crippen molar-refractivity contribution in [3.05, 3.63) is 12.4 Å². The number of nitrogens with zero attached hydrogens (tertiary/aromatic N) is 2. The van der Waals surface area contributed by atoms with E-state index in [0.29, 0.717) is 12.0 Å². The summed E-state index contributed by atoms with van der Waals surface area (Å²) in [7, 11) is 0. The van der Waals surface area contributed by atoms with E-state index in [4.69, 9.17) is 5.11 Å². The molecule has 0 aromatic carbocycles. The Kier molecular flexibility index (Phi) is 4.20. The zero-order valence-electron chi connectivity index (χ0n) is 9.17. The third-order valence-corrected chi connectivity index (χ3v) is 3.33. The molecule has 1 aromatic rings. The van der Waals surface area contributed by atoms with E-state index in [1.165, 1.54) is 11.8 Å². The van der Waals surface area contributed by atoms with Crippen LogP contribution in [0.25, 0.3) is 0 Å². The van der Waals surface area contributed by atoms with Gasteiger partial charge in [0.15, 0.2) is 5.16 Å². The first-order valence-corrected chi connectivity index (χ1v) is 5.88. The van der Waals surface area contributed by atoms with Crippen molar-refractivity contribution < 1.29 is 9.90 Å². The Balaban J connectivity index is 2.73. The molecule has 1 aromatic heterocycles. The number of carbonyl (C=O) groups is 1. The molecule has 5 heteroatoms. The summed E-state index contributed by atoms with van der Waals surface area (Å²) in [6.45, 7) is 6.38. The minimum Gasteiger partial charge on any atom is -0.481 e. The monoisotopic (exact) mass is 228 g/mol. The van der Waals surface area contributed by atoms with Crippen molar-refractivity contribution >= 4 is 17.7 Å². The van der Waals surface area contributed by atoms with E-state index in [-0.39, 0.29) is 5.75 Å². The minimum absolute atomic E-state index is 0.0574. The van der Waals surface area contributed by atoms with E-state index in [2.05, 4.69) is 25.8 Å². The second kappa shape index (κ2) is 5.21. The lowest BCUT2D eigenvalue weighted by Crippen LogP contribution is -2.12. The Morgan fingerprint density at radius 1 is 1.60 bits per heavy atom. The number of hydrogen-bond acceptors (Lipinski definition) is 3. The Morgan fingerprint density at radius 3 is 2.80 bits per heavy atom. The fourth-order valence-electron chi connectivity index (χ4n) is 1.17. The maximum absolute atomic E-state index is 10.5. The molecule has 1 rings (SSSR count). The molecule has 0 fully saturated rings. The van der Waals surface area contributed by atoms with E-state index in [0.717, 1.165) is 5.16 Å². The number of aromatic nitrogens is 2. The average molecular weight is 228 g/mol. The van der Waals surface area contributed by atoms with Gasteiger partial charge in [0.2, 0.25) is 0 Å². The normalized spacial score (nSPS) is 13.1. The average Bonchev–Trinajstić information content (AvgIpc) is 2.60. The first kappa shape index (κ1) is 12.1. The van der Waals surface area contributed by atoms with Crippen LogP contribution in [0.15, 0.2) is 17.6 Å². The van der Waals surface area contributed by atoms with E-state index >= 15 is 0 Å². The fourth-order valence-corrected chi connectivity index (χ4v) is 1.93. The van der Waals surface area contributed by atoms with Crippen LogP contribution in [0.3, 0.4) is 0 Å². The van der Waals surface area contributed by atoms with Crippen molar-refractivity contribution in [3.8, 4) is 0 Å². The molecule has 0 saturated heterocycles. The smallest absolute Gasteiger partial charge is 0.313 e. The second-order valence-electron chi connectivity index (χ2n) is 3.78. The lowest BCUT2D eigenvalue weighted by Gasteiger charge is -2.19. The summed E-state index contributed by atoms with van der Waals surface area (Å²) in [5.41, 5.74) is 0. The molecule has 1 heterocycles. The number of carboxylic acid groups (broad SMARTS) is 1. The number of aliphatic carboxylic acids is 1. The molecule has 0 aliphatic rings. The van der Waals surface area contributed by atoms with Crippen LogP contribution >= 0.6 is 11.8 Å². The van der Waals surface area contributed by atoms with Crippen molar-refractivity contribution in [1.29, 1.82) is 0 Å². The Morgan fingerprint density at radius 2 is 2.27 bits per heavy atom. The van der Waals surface area contributed by atoms with E-state index in [1.54, 1.807) is 6.20 Å². The van der Waals surface area contributed by atoms with Crippen LogP contribution in [0.1, 0.15) is 26.8 Å². The zero-order chi connectivity index (χ0) is 11.4. The highest BCUT2D eigenvalue weighted by Crippen LogP contribution is 2.24. The minimum atomic E-state index is -0.813. The number of carboxylic acids is 1. The largest absolute Gasteiger partial charge is 0.481 e. The van der Waals surface area contributed by atoms with Gasteiger partial charge in [-0.3, -0.25) is 4.79 Å².